The summed E-state index contributed by atoms with van der Waals surface area (Å²) in [5, 5.41) is 11.8. The summed E-state index contributed by atoms with van der Waals surface area (Å²) in [6.45, 7) is 1.07. The Morgan fingerprint density at radius 2 is 1.77 bits per heavy atom. The van der Waals surface area contributed by atoms with Crippen molar-refractivity contribution in [1.29, 1.82) is 0 Å². The zero-order valence-electron chi connectivity index (χ0n) is 13.0. The summed E-state index contributed by atoms with van der Waals surface area (Å²) in [7, 11) is 3.35. The van der Waals surface area contributed by atoms with Crippen molar-refractivity contribution in [2.24, 2.45) is 0 Å². The van der Waals surface area contributed by atoms with Gasteiger partial charge in [-0.1, -0.05) is 12.1 Å². The molecule has 1 aliphatic heterocycles. The highest BCUT2D eigenvalue weighted by atomic mass is 16.5. The second-order valence-electron chi connectivity index (χ2n) is 5.66. The molecular formula is C18H22NO3+. The van der Waals surface area contributed by atoms with Crippen LogP contribution in [0.1, 0.15) is 22.7 Å². The van der Waals surface area contributed by atoms with E-state index in [4.69, 9.17) is 9.47 Å². The number of phenols is 1. The van der Waals surface area contributed by atoms with Crippen LogP contribution in [0.5, 0.6) is 17.2 Å². The van der Waals surface area contributed by atoms with Crippen LogP contribution >= 0.6 is 0 Å². The molecule has 22 heavy (non-hydrogen) atoms. The Morgan fingerprint density at radius 1 is 1.09 bits per heavy atom. The molecule has 1 unspecified atom stereocenters. The Balaban J connectivity index is 1.91. The van der Waals surface area contributed by atoms with Crippen LogP contribution in [0.15, 0.2) is 36.4 Å². The smallest absolute Gasteiger partial charge is 0.161 e. The van der Waals surface area contributed by atoms with E-state index in [2.05, 4.69) is 17.4 Å². The van der Waals surface area contributed by atoms with Gasteiger partial charge in [-0.25, -0.2) is 0 Å². The first-order valence-corrected chi connectivity index (χ1v) is 7.57. The van der Waals surface area contributed by atoms with Crippen LogP contribution in [0.2, 0.25) is 0 Å². The molecule has 1 heterocycles. The van der Waals surface area contributed by atoms with Crippen molar-refractivity contribution in [2.75, 3.05) is 20.8 Å². The lowest BCUT2D eigenvalue weighted by Crippen LogP contribution is -2.87. The molecule has 0 saturated heterocycles. The summed E-state index contributed by atoms with van der Waals surface area (Å²) in [4.78, 5) is 0. The van der Waals surface area contributed by atoms with Crippen molar-refractivity contribution in [3.05, 3.63) is 53.1 Å². The predicted octanol–water partition coefficient (Wildman–Crippen LogP) is 1.81. The van der Waals surface area contributed by atoms with E-state index < -0.39 is 0 Å². The molecule has 2 aromatic rings. The number of aromatic hydroxyl groups is 1. The molecule has 0 amide bonds. The molecule has 3 rings (SSSR count). The Labute approximate surface area is 130 Å². The molecule has 0 saturated carbocycles. The molecule has 116 valence electrons. The number of nitrogens with two attached hydrogens (primary N) is 1. The number of phenolic OH excluding ortho intramolecular Hbond substituents is 1. The maximum Gasteiger partial charge on any atom is 0.161 e. The van der Waals surface area contributed by atoms with Gasteiger partial charge in [0, 0.05) is 18.4 Å². The average molecular weight is 300 g/mol. The van der Waals surface area contributed by atoms with E-state index in [-0.39, 0.29) is 0 Å². The van der Waals surface area contributed by atoms with E-state index in [0.717, 1.165) is 30.9 Å². The van der Waals surface area contributed by atoms with Gasteiger partial charge in [0.2, 0.25) is 0 Å². The molecule has 0 aliphatic carbocycles. The number of quaternary nitrogens is 1. The van der Waals surface area contributed by atoms with Crippen LogP contribution in [-0.2, 0) is 12.8 Å². The first kappa shape index (κ1) is 14.7. The topological polar surface area (TPSA) is 55.3 Å². The van der Waals surface area contributed by atoms with Gasteiger partial charge in [-0.05, 0) is 35.4 Å². The quantitative estimate of drug-likeness (QED) is 0.905. The van der Waals surface area contributed by atoms with Crippen molar-refractivity contribution in [1.82, 2.24) is 0 Å². The van der Waals surface area contributed by atoms with Crippen LogP contribution < -0.4 is 14.8 Å². The highest BCUT2D eigenvalue weighted by molar-refractivity contribution is 5.49. The molecule has 4 heteroatoms. The molecule has 0 spiro atoms. The number of ether oxygens (including phenoxy) is 2. The van der Waals surface area contributed by atoms with Gasteiger partial charge in [0.15, 0.2) is 11.5 Å². The van der Waals surface area contributed by atoms with Gasteiger partial charge in [0.1, 0.15) is 11.8 Å². The van der Waals surface area contributed by atoms with E-state index >= 15 is 0 Å². The molecular weight excluding hydrogens is 278 g/mol. The Morgan fingerprint density at radius 3 is 2.45 bits per heavy atom. The number of fused-ring (bicyclic) bond motifs is 1. The minimum absolute atomic E-state index is 0.308. The molecule has 3 N–H and O–H groups in total. The first-order valence-electron chi connectivity index (χ1n) is 7.57. The van der Waals surface area contributed by atoms with Crippen molar-refractivity contribution >= 4 is 0 Å². The molecule has 1 aliphatic rings. The number of benzene rings is 2. The summed E-state index contributed by atoms with van der Waals surface area (Å²) in [5.74, 6) is 1.89. The second kappa shape index (κ2) is 6.28. The normalized spacial score (nSPS) is 16.9. The SMILES string of the molecule is COc1cc2c(cc1OC)C(Cc1ccc(O)cc1)[NH2+]CC2. The van der Waals surface area contributed by atoms with Crippen LogP contribution in [0.4, 0.5) is 0 Å². The van der Waals surface area contributed by atoms with Gasteiger partial charge in [-0.2, -0.15) is 0 Å². The van der Waals surface area contributed by atoms with E-state index in [9.17, 15) is 5.11 Å². The largest absolute Gasteiger partial charge is 0.508 e. The zero-order valence-corrected chi connectivity index (χ0v) is 13.0. The third-order valence-corrected chi connectivity index (χ3v) is 4.30. The number of rotatable bonds is 4. The third-order valence-electron chi connectivity index (χ3n) is 4.30. The molecule has 4 nitrogen and oxygen atoms in total. The van der Waals surface area contributed by atoms with E-state index in [1.807, 2.05) is 12.1 Å². The maximum atomic E-state index is 9.41. The van der Waals surface area contributed by atoms with Gasteiger partial charge in [0.25, 0.3) is 0 Å². The maximum absolute atomic E-state index is 9.41. The van der Waals surface area contributed by atoms with Crippen LogP contribution in [0.3, 0.4) is 0 Å². The summed E-state index contributed by atoms with van der Waals surface area (Å²) in [6.07, 6.45) is 1.98. The van der Waals surface area contributed by atoms with Gasteiger partial charge >= 0.3 is 0 Å². The monoisotopic (exact) mass is 300 g/mol. The predicted molar refractivity (Wildman–Crippen MR) is 84.6 cm³/mol. The lowest BCUT2D eigenvalue weighted by Gasteiger charge is -2.25. The minimum atomic E-state index is 0.308. The van der Waals surface area contributed by atoms with Gasteiger partial charge in [0.05, 0.1) is 20.8 Å². The summed E-state index contributed by atoms with van der Waals surface area (Å²) in [5.41, 5.74) is 3.88. The van der Waals surface area contributed by atoms with Gasteiger partial charge in [-0.15, -0.1) is 0 Å². The van der Waals surface area contributed by atoms with E-state index in [1.54, 1.807) is 26.4 Å². The lowest BCUT2D eigenvalue weighted by atomic mass is 9.90. The number of hydrogen-bond donors (Lipinski definition) is 2. The zero-order chi connectivity index (χ0) is 15.5. The summed E-state index contributed by atoms with van der Waals surface area (Å²) >= 11 is 0. The standard InChI is InChI=1S/C18H21NO3/c1-21-17-10-13-7-8-19-16(15(13)11-18(17)22-2)9-12-3-5-14(20)6-4-12/h3-6,10-11,16,19-20H,7-9H2,1-2H3/p+1. The fourth-order valence-electron chi connectivity index (χ4n) is 3.14. The third kappa shape index (κ3) is 2.88. The molecule has 1 atom stereocenters. The van der Waals surface area contributed by atoms with Gasteiger partial charge < -0.3 is 19.9 Å². The fourth-order valence-corrected chi connectivity index (χ4v) is 3.14. The van der Waals surface area contributed by atoms with Crippen molar-refractivity contribution in [3.8, 4) is 17.2 Å². The summed E-state index contributed by atoms with van der Waals surface area (Å²) in [6, 6.07) is 12.0. The Hall–Kier alpha value is -2.20. The minimum Gasteiger partial charge on any atom is -0.508 e. The molecule has 2 aromatic carbocycles. The highest BCUT2D eigenvalue weighted by Gasteiger charge is 2.25. The fraction of sp³-hybridized carbons (Fsp3) is 0.333. The van der Waals surface area contributed by atoms with Crippen molar-refractivity contribution in [3.63, 3.8) is 0 Å². The number of hydrogen-bond acceptors (Lipinski definition) is 3. The second-order valence-corrected chi connectivity index (χ2v) is 5.66. The average Bonchev–Trinajstić information content (AvgIpc) is 2.56. The number of methoxy groups -OCH3 is 2. The Kier molecular flexibility index (Phi) is 4.20. The lowest BCUT2D eigenvalue weighted by molar-refractivity contribution is -0.698. The van der Waals surface area contributed by atoms with Crippen LogP contribution in [-0.4, -0.2) is 25.9 Å². The molecule has 0 bridgehead atoms. The van der Waals surface area contributed by atoms with E-state index in [1.165, 1.54) is 16.7 Å². The summed E-state index contributed by atoms with van der Waals surface area (Å²) < 4.78 is 10.9. The van der Waals surface area contributed by atoms with Crippen LogP contribution in [0.25, 0.3) is 0 Å². The molecule has 0 aromatic heterocycles. The van der Waals surface area contributed by atoms with Crippen LogP contribution in [0, 0.1) is 0 Å². The van der Waals surface area contributed by atoms with Crippen molar-refractivity contribution < 1.29 is 19.9 Å². The Bertz CT molecular complexity index is 652. The van der Waals surface area contributed by atoms with Crippen molar-refractivity contribution in [2.45, 2.75) is 18.9 Å². The van der Waals surface area contributed by atoms with Gasteiger partial charge in [-0.3, -0.25) is 0 Å². The highest BCUT2D eigenvalue weighted by Crippen LogP contribution is 2.34. The first-order chi connectivity index (χ1) is 10.7. The van der Waals surface area contributed by atoms with E-state index in [0.29, 0.717) is 11.8 Å². The molecule has 0 radical (unpaired) electrons. The molecule has 0 fully saturated rings.